The SMILES string of the molecule is COc1ccc(C2CC(c3ccc(C)cc3)Nc3nnnn32)cc1. The Bertz CT molecular complexity index is 825. The summed E-state index contributed by atoms with van der Waals surface area (Å²) < 4.78 is 7.11. The fourth-order valence-corrected chi connectivity index (χ4v) is 3.16. The van der Waals surface area contributed by atoms with E-state index in [9.17, 15) is 0 Å². The van der Waals surface area contributed by atoms with E-state index in [1.807, 2.05) is 16.8 Å². The second-order valence-electron chi connectivity index (χ2n) is 6.08. The van der Waals surface area contributed by atoms with Crippen molar-refractivity contribution in [2.24, 2.45) is 0 Å². The molecule has 1 N–H and O–H groups in total. The normalized spacial score (nSPS) is 19.4. The molecule has 24 heavy (non-hydrogen) atoms. The molecule has 0 bridgehead atoms. The molecular weight excluding hydrogens is 302 g/mol. The number of anilines is 1. The van der Waals surface area contributed by atoms with Crippen molar-refractivity contribution in [1.29, 1.82) is 0 Å². The summed E-state index contributed by atoms with van der Waals surface area (Å²) in [6, 6.07) is 17.0. The average molecular weight is 321 g/mol. The van der Waals surface area contributed by atoms with E-state index in [1.165, 1.54) is 16.7 Å². The number of benzene rings is 2. The van der Waals surface area contributed by atoms with Crippen LogP contribution in [-0.4, -0.2) is 27.3 Å². The number of rotatable bonds is 3. The molecule has 1 aromatic heterocycles. The Hall–Kier alpha value is -2.89. The van der Waals surface area contributed by atoms with E-state index in [0.29, 0.717) is 5.95 Å². The minimum Gasteiger partial charge on any atom is -0.497 e. The van der Waals surface area contributed by atoms with Crippen LogP contribution < -0.4 is 10.1 Å². The number of hydrogen-bond acceptors (Lipinski definition) is 5. The van der Waals surface area contributed by atoms with E-state index < -0.39 is 0 Å². The molecule has 2 aromatic carbocycles. The first-order chi connectivity index (χ1) is 11.7. The number of hydrogen-bond donors (Lipinski definition) is 1. The van der Waals surface area contributed by atoms with Gasteiger partial charge in [0.15, 0.2) is 0 Å². The summed E-state index contributed by atoms with van der Waals surface area (Å²) in [4.78, 5) is 0. The molecule has 0 spiro atoms. The van der Waals surface area contributed by atoms with Crippen molar-refractivity contribution in [1.82, 2.24) is 20.2 Å². The molecule has 6 nitrogen and oxygen atoms in total. The van der Waals surface area contributed by atoms with Crippen LogP contribution in [0.2, 0.25) is 0 Å². The smallest absolute Gasteiger partial charge is 0.243 e. The second kappa shape index (κ2) is 5.96. The average Bonchev–Trinajstić information content (AvgIpc) is 3.10. The number of aryl methyl sites for hydroxylation is 1. The molecule has 3 aromatic rings. The van der Waals surface area contributed by atoms with Gasteiger partial charge in [-0.1, -0.05) is 47.1 Å². The van der Waals surface area contributed by atoms with Gasteiger partial charge in [-0.3, -0.25) is 0 Å². The van der Waals surface area contributed by atoms with Crippen molar-refractivity contribution in [2.45, 2.75) is 25.4 Å². The lowest BCUT2D eigenvalue weighted by atomic mass is 9.93. The zero-order valence-corrected chi connectivity index (χ0v) is 13.7. The molecule has 0 saturated carbocycles. The minimum atomic E-state index is 0.0912. The molecule has 2 heterocycles. The van der Waals surface area contributed by atoms with E-state index in [0.717, 1.165) is 12.2 Å². The van der Waals surface area contributed by atoms with Gasteiger partial charge in [0.2, 0.25) is 5.95 Å². The number of aromatic nitrogens is 4. The number of methoxy groups -OCH3 is 1. The van der Waals surface area contributed by atoms with Gasteiger partial charge in [-0.2, -0.15) is 0 Å². The zero-order valence-electron chi connectivity index (χ0n) is 13.7. The van der Waals surface area contributed by atoms with Gasteiger partial charge < -0.3 is 10.1 Å². The number of tetrazole rings is 1. The zero-order chi connectivity index (χ0) is 16.5. The van der Waals surface area contributed by atoms with Crippen LogP contribution in [0.15, 0.2) is 48.5 Å². The maximum atomic E-state index is 5.25. The van der Waals surface area contributed by atoms with E-state index >= 15 is 0 Å². The van der Waals surface area contributed by atoms with Crippen molar-refractivity contribution in [3.8, 4) is 5.75 Å². The van der Waals surface area contributed by atoms with Gasteiger partial charge in [-0.25, -0.2) is 4.68 Å². The van der Waals surface area contributed by atoms with Crippen molar-refractivity contribution < 1.29 is 4.74 Å². The highest BCUT2D eigenvalue weighted by Gasteiger charge is 2.30. The van der Waals surface area contributed by atoms with E-state index in [-0.39, 0.29) is 12.1 Å². The van der Waals surface area contributed by atoms with Crippen molar-refractivity contribution >= 4 is 5.95 Å². The van der Waals surface area contributed by atoms with Crippen molar-refractivity contribution in [3.05, 3.63) is 65.2 Å². The molecule has 1 aliphatic rings. The largest absolute Gasteiger partial charge is 0.497 e. The van der Waals surface area contributed by atoms with Gasteiger partial charge in [0.25, 0.3) is 0 Å². The molecule has 0 radical (unpaired) electrons. The van der Waals surface area contributed by atoms with Crippen LogP contribution in [0.25, 0.3) is 0 Å². The Labute approximate surface area is 140 Å². The highest BCUT2D eigenvalue weighted by Crippen LogP contribution is 2.37. The predicted octanol–water partition coefficient (Wildman–Crippen LogP) is 3.14. The molecule has 2 unspecified atom stereocenters. The van der Waals surface area contributed by atoms with Gasteiger partial charge in [-0.05, 0) is 47.0 Å². The summed E-state index contributed by atoms with van der Waals surface area (Å²) in [6.45, 7) is 2.10. The molecule has 6 heteroatoms. The Balaban J connectivity index is 1.69. The van der Waals surface area contributed by atoms with Crippen molar-refractivity contribution in [3.63, 3.8) is 0 Å². The van der Waals surface area contributed by atoms with Crippen LogP contribution in [-0.2, 0) is 0 Å². The predicted molar refractivity (Wildman–Crippen MR) is 91.1 cm³/mol. The summed E-state index contributed by atoms with van der Waals surface area (Å²) >= 11 is 0. The summed E-state index contributed by atoms with van der Waals surface area (Å²) in [5, 5.41) is 15.6. The van der Waals surface area contributed by atoms with E-state index in [2.05, 4.69) is 64.2 Å². The Morgan fingerprint density at radius 2 is 1.75 bits per heavy atom. The van der Waals surface area contributed by atoms with Crippen LogP contribution in [0.4, 0.5) is 5.95 Å². The first kappa shape index (κ1) is 14.7. The Kier molecular flexibility index (Phi) is 3.65. The lowest BCUT2D eigenvalue weighted by Crippen LogP contribution is -2.28. The fourth-order valence-electron chi connectivity index (χ4n) is 3.16. The molecule has 0 saturated heterocycles. The van der Waals surface area contributed by atoms with Gasteiger partial charge in [0, 0.05) is 0 Å². The molecule has 0 aliphatic carbocycles. The highest BCUT2D eigenvalue weighted by atomic mass is 16.5. The monoisotopic (exact) mass is 321 g/mol. The lowest BCUT2D eigenvalue weighted by molar-refractivity contribution is 0.410. The minimum absolute atomic E-state index is 0.0912. The van der Waals surface area contributed by atoms with Gasteiger partial charge in [0.05, 0.1) is 19.2 Å². The fraction of sp³-hybridized carbons (Fsp3) is 0.278. The number of fused-ring (bicyclic) bond motifs is 1. The van der Waals surface area contributed by atoms with Crippen LogP contribution >= 0.6 is 0 Å². The number of ether oxygens (including phenoxy) is 1. The summed E-state index contributed by atoms with van der Waals surface area (Å²) in [7, 11) is 1.67. The number of nitrogens with one attached hydrogen (secondary N) is 1. The van der Waals surface area contributed by atoms with Crippen molar-refractivity contribution in [2.75, 3.05) is 12.4 Å². The third kappa shape index (κ3) is 2.60. The highest BCUT2D eigenvalue weighted by molar-refractivity contribution is 5.39. The molecular formula is C18H19N5O. The molecule has 122 valence electrons. The molecule has 1 aliphatic heterocycles. The quantitative estimate of drug-likeness (QED) is 0.803. The molecule has 0 fully saturated rings. The maximum Gasteiger partial charge on any atom is 0.243 e. The van der Waals surface area contributed by atoms with E-state index in [1.54, 1.807) is 7.11 Å². The summed E-state index contributed by atoms with van der Waals surface area (Å²) in [5.41, 5.74) is 3.67. The number of nitrogens with zero attached hydrogens (tertiary/aromatic N) is 4. The van der Waals surface area contributed by atoms with Gasteiger partial charge in [0.1, 0.15) is 5.75 Å². The van der Waals surface area contributed by atoms with Gasteiger partial charge in [-0.15, -0.1) is 0 Å². The topological polar surface area (TPSA) is 64.9 Å². The van der Waals surface area contributed by atoms with Crippen LogP contribution in [0.5, 0.6) is 5.75 Å². The second-order valence-corrected chi connectivity index (χ2v) is 6.08. The maximum absolute atomic E-state index is 5.25. The Morgan fingerprint density at radius 1 is 1.04 bits per heavy atom. The van der Waals surface area contributed by atoms with Gasteiger partial charge >= 0.3 is 0 Å². The molecule has 0 amide bonds. The van der Waals surface area contributed by atoms with Crippen LogP contribution in [0.3, 0.4) is 0 Å². The van der Waals surface area contributed by atoms with Crippen LogP contribution in [0.1, 0.15) is 35.2 Å². The standard InChI is InChI=1S/C18H19N5O/c1-12-3-5-13(6-4-12)16-11-17(23-18(19-16)20-21-22-23)14-7-9-15(24-2)10-8-14/h3-10,16-17H,11H2,1-2H3,(H,19,20,22). The third-order valence-corrected chi connectivity index (χ3v) is 4.53. The third-order valence-electron chi connectivity index (χ3n) is 4.53. The first-order valence-electron chi connectivity index (χ1n) is 7.99. The molecule has 4 rings (SSSR count). The molecule has 2 atom stereocenters. The Morgan fingerprint density at radius 3 is 2.46 bits per heavy atom. The summed E-state index contributed by atoms with van der Waals surface area (Å²) in [6.07, 6.45) is 0.882. The first-order valence-corrected chi connectivity index (χ1v) is 7.99. The lowest BCUT2D eigenvalue weighted by Gasteiger charge is -2.31. The summed E-state index contributed by atoms with van der Waals surface area (Å²) in [5.74, 6) is 1.55. The van der Waals surface area contributed by atoms with E-state index in [4.69, 9.17) is 4.74 Å². The van der Waals surface area contributed by atoms with Crippen LogP contribution in [0, 0.1) is 6.92 Å².